The van der Waals surface area contributed by atoms with E-state index < -0.39 is 0 Å². The first-order chi connectivity index (χ1) is 10.2. The van der Waals surface area contributed by atoms with Crippen molar-refractivity contribution in [1.82, 2.24) is 10.4 Å². The first kappa shape index (κ1) is 15.8. The van der Waals surface area contributed by atoms with Crippen LogP contribution < -0.4 is 10.4 Å². The lowest BCUT2D eigenvalue weighted by Crippen LogP contribution is -2.56. The molecule has 0 N–H and O–H groups in total. The van der Waals surface area contributed by atoms with Gasteiger partial charge in [0.1, 0.15) is 0 Å². The van der Waals surface area contributed by atoms with Gasteiger partial charge in [-0.15, -0.1) is 5.43 Å². The zero-order valence-corrected chi connectivity index (χ0v) is 13.5. The maximum atomic E-state index is 12.6. The molecule has 1 heterocycles. The van der Waals surface area contributed by atoms with Gasteiger partial charge < -0.3 is 0 Å². The highest BCUT2D eigenvalue weighted by molar-refractivity contribution is 6.01. The molecule has 0 atom stereocenters. The summed E-state index contributed by atoms with van der Waals surface area (Å²) in [7, 11) is 0. The quantitative estimate of drug-likeness (QED) is 0.841. The minimum absolute atomic E-state index is 0.0683. The lowest BCUT2D eigenvalue weighted by Gasteiger charge is -2.36. The van der Waals surface area contributed by atoms with E-state index in [2.05, 4.69) is 16.6 Å². The van der Waals surface area contributed by atoms with E-state index in [1.165, 1.54) is 10.0 Å². The molecule has 0 saturated carbocycles. The fraction of sp³-hybridized carbons (Fsp3) is 0.438. The lowest BCUT2D eigenvalue weighted by atomic mass is 9.95. The van der Waals surface area contributed by atoms with Gasteiger partial charge in [-0.1, -0.05) is 20.8 Å². The molecule has 115 valence electrons. The molecule has 2 rings (SSSR count). The third-order valence-electron chi connectivity index (χ3n) is 3.18. The summed E-state index contributed by atoms with van der Waals surface area (Å²) in [6, 6.07) is 8.45. The summed E-state index contributed by atoms with van der Waals surface area (Å²) in [5.74, 6) is 0.588. The molecular formula is C16H20N5O. The van der Waals surface area contributed by atoms with Crippen molar-refractivity contribution in [3.8, 4) is 6.07 Å². The van der Waals surface area contributed by atoms with Gasteiger partial charge in [-0.2, -0.15) is 15.4 Å². The molecule has 0 aliphatic carbocycles. The molecule has 1 aliphatic rings. The maximum absolute atomic E-state index is 12.6. The molecule has 0 spiro atoms. The monoisotopic (exact) mass is 298 g/mol. The number of carbonyl (C=O) groups is 1. The van der Waals surface area contributed by atoms with Crippen LogP contribution in [0.2, 0.25) is 0 Å². The van der Waals surface area contributed by atoms with Crippen LogP contribution in [0.5, 0.6) is 0 Å². The predicted molar refractivity (Wildman–Crippen MR) is 85.0 cm³/mol. The van der Waals surface area contributed by atoms with E-state index in [0.717, 1.165) is 0 Å². The predicted octanol–water partition coefficient (Wildman–Crippen LogP) is 3.09. The molecule has 6 heteroatoms. The molecule has 1 aromatic carbocycles. The maximum Gasteiger partial charge on any atom is 0.365 e. The molecular weight excluding hydrogens is 278 g/mol. The summed E-state index contributed by atoms with van der Waals surface area (Å²) < 4.78 is 0. The number of amides is 2. The fourth-order valence-corrected chi connectivity index (χ4v) is 1.88. The Kier molecular flexibility index (Phi) is 4.09. The third-order valence-corrected chi connectivity index (χ3v) is 3.18. The van der Waals surface area contributed by atoms with Crippen LogP contribution in [0.15, 0.2) is 29.4 Å². The third kappa shape index (κ3) is 3.03. The van der Waals surface area contributed by atoms with Gasteiger partial charge in [0.15, 0.2) is 5.84 Å². The molecule has 6 nitrogen and oxygen atoms in total. The van der Waals surface area contributed by atoms with Crippen LogP contribution in [-0.4, -0.2) is 22.9 Å². The van der Waals surface area contributed by atoms with Gasteiger partial charge in [-0.05, 0) is 38.1 Å². The number of anilines is 1. The number of benzene rings is 1. The number of nitriles is 1. The summed E-state index contributed by atoms with van der Waals surface area (Å²) in [6.45, 7) is 9.82. The second kappa shape index (κ2) is 5.68. The Bertz CT molecular complexity index is 634. The Balaban J connectivity index is 2.41. The molecule has 1 aliphatic heterocycles. The van der Waals surface area contributed by atoms with Gasteiger partial charge in [-0.25, -0.2) is 9.80 Å². The fourth-order valence-electron chi connectivity index (χ4n) is 1.88. The van der Waals surface area contributed by atoms with Crippen molar-refractivity contribution in [2.24, 2.45) is 10.5 Å². The Hall–Kier alpha value is -2.55. The van der Waals surface area contributed by atoms with Crippen molar-refractivity contribution in [1.29, 1.82) is 5.26 Å². The minimum atomic E-state index is -0.298. The van der Waals surface area contributed by atoms with Crippen LogP contribution in [0.25, 0.3) is 0 Å². The summed E-state index contributed by atoms with van der Waals surface area (Å²) in [4.78, 5) is 12.6. The number of hydrogen-bond acceptors (Lipinski definition) is 3. The Morgan fingerprint density at radius 2 is 1.77 bits per heavy atom. The molecule has 1 aromatic rings. The van der Waals surface area contributed by atoms with E-state index in [4.69, 9.17) is 5.26 Å². The van der Waals surface area contributed by atoms with Gasteiger partial charge in [0.2, 0.25) is 0 Å². The highest BCUT2D eigenvalue weighted by Gasteiger charge is 2.36. The molecule has 22 heavy (non-hydrogen) atoms. The van der Waals surface area contributed by atoms with Crippen molar-refractivity contribution in [3.63, 3.8) is 0 Å². The first-order valence-corrected chi connectivity index (χ1v) is 7.18. The molecule has 0 fully saturated rings. The summed E-state index contributed by atoms with van der Waals surface area (Å²) >= 11 is 0. The number of rotatable bonds is 2. The normalized spacial score (nSPS) is 15.5. The molecule has 0 unspecified atom stereocenters. The average molecular weight is 298 g/mol. The topological polar surface area (TPSA) is 73.8 Å². The zero-order chi connectivity index (χ0) is 16.5. The largest absolute Gasteiger partial charge is 0.365 e. The summed E-state index contributed by atoms with van der Waals surface area (Å²) in [5, 5.41) is 16.0. The lowest BCUT2D eigenvalue weighted by molar-refractivity contribution is 0.184. The van der Waals surface area contributed by atoms with E-state index in [1.807, 2.05) is 34.6 Å². The van der Waals surface area contributed by atoms with Gasteiger partial charge in [0.25, 0.3) is 0 Å². The van der Waals surface area contributed by atoms with Gasteiger partial charge >= 0.3 is 6.03 Å². The summed E-state index contributed by atoms with van der Waals surface area (Å²) in [6.07, 6.45) is 0. The Morgan fingerprint density at radius 3 is 2.23 bits per heavy atom. The van der Waals surface area contributed by atoms with E-state index in [9.17, 15) is 4.79 Å². The van der Waals surface area contributed by atoms with Crippen LogP contribution in [0.3, 0.4) is 0 Å². The number of hydrazone groups is 1. The van der Waals surface area contributed by atoms with Crippen LogP contribution in [0.4, 0.5) is 10.5 Å². The number of hydrogen-bond donors (Lipinski definition) is 0. The molecule has 0 aromatic heterocycles. The highest BCUT2D eigenvalue weighted by Crippen LogP contribution is 2.25. The minimum Gasteiger partial charge on any atom is -0.244 e. The van der Waals surface area contributed by atoms with Crippen molar-refractivity contribution >= 4 is 17.6 Å². The Morgan fingerprint density at radius 1 is 1.18 bits per heavy atom. The summed E-state index contributed by atoms with van der Waals surface area (Å²) in [5.41, 5.74) is 5.28. The van der Waals surface area contributed by atoms with Gasteiger partial charge in [-0.3, -0.25) is 0 Å². The highest BCUT2D eigenvalue weighted by atomic mass is 16.2. The van der Waals surface area contributed by atoms with Crippen molar-refractivity contribution < 1.29 is 4.79 Å². The van der Waals surface area contributed by atoms with Crippen LogP contribution in [0.1, 0.15) is 40.2 Å². The molecule has 2 amide bonds. The van der Waals surface area contributed by atoms with E-state index in [0.29, 0.717) is 17.1 Å². The number of nitrogens with zero attached hydrogens (tertiary/aromatic N) is 5. The second-order valence-electron chi connectivity index (χ2n) is 6.46. The number of carbonyl (C=O) groups excluding carboxylic acids is 1. The van der Waals surface area contributed by atoms with Crippen molar-refractivity contribution in [2.45, 2.75) is 40.7 Å². The van der Waals surface area contributed by atoms with Crippen LogP contribution in [0, 0.1) is 16.7 Å². The first-order valence-electron chi connectivity index (χ1n) is 7.18. The van der Waals surface area contributed by atoms with E-state index in [1.54, 1.807) is 24.3 Å². The standard InChI is InChI=1S/C16H20N5O/c1-11(2)20-15(22)21(19-14(18-20)16(3,4)5)13-8-6-12(10-17)7-9-13/h6-9,11H,1-5H3. The number of urea groups is 1. The molecule has 0 saturated heterocycles. The Labute approximate surface area is 131 Å². The van der Waals surface area contributed by atoms with Crippen LogP contribution in [-0.2, 0) is 0 Å². The van der Waals surface area contributed by atoms with Gasteiger partial charge in [0, 0.05) is 5.41 Å². The van der Waals surface area contributed by atoms with Crippen LogP contribution >= 0.6 is 0 Å². The van der Waals surface area contributed by atoms with E-state index in [-0.39, 0.29) is 17.5 Å². The second-order valence-corrected chi connectivity index (χ2v) is 6.46. The number of amidine groups is 1. The molecule has 0 bridgehead atoms. The van der Waals surface area contributed by atoms with E-state index >= 15 is 0 Å². The molecule has 1 radical (unpaired) electrons. The van der Waals surface area contributed by atoms with Crippen molar-refractivity contribution in [2.75, 3.05) is 5.01 Å². The average Bonchev–Trinajstić information content (AvgIpc) is 2.46. The van der Waals surface area contributed by atoms with Gasteiger partial charge in [0.05, 0.1) is 23.4 Å². The van der Waals surface area contributed by atoms with Crippen molar-refractivity contribution in [3.05, 3.63) is 29.8 Å². The smallest absolute Gasteiger partial charge is 0.244 e. The SMILES string of the molecule is CC(C)N1N=C(C(C)(C)C)[N]N(c2ccc(C#N)cc2)C1=O. The zero-order valence-electron chi connectivity index (χ0n) is 13.5.